The van der Waals surface area contributed by atoms with Crippen molar-refractivity contribution in [3.05, 3.63) is 33.9 Å². The Labute approximate surface area is 77.2 Å². The molecule has 1 rings (SSSR count). The minimum Gasteiger partial charge on any atom is -0.0831 e. The lowest BCUT2D eigenvalue weighted by Gasteiger charge is -2.01. The Bertz CT molecular complexity index is 234. The normalized spacial score (nSPS) is 24.1. The molecule has 0 aromatic rings. The van der Waals surface area contributed by atoms with Crippen LogP contribution in [0.1, 0.15) is 19.8 Å². The van der Waals surface area contributed by atoms with Crippen molar-refractivity contribution in [1.29, 1.82) is 0 Å². The van der Waals surface area contributed by atoms with Gasteiger partial charge in [-0.3, -0.25) is 0 Å². The molecule has 0 fully saturated rings. The first-order valence-corrected chi connectivity index (χ1v) is 4.36. The Morgan fingerprint density at radius 3 is 2.45 bits per heavy atom. The minimum atomic E-state index is 0.639. The predicted molar refractivity (Wildman–Crippen MR) is 50.9 cm³/mol. The first kappa shape index (κ1) is 8.89. The summed E-state index contributed by atoms with van der Waals surface area (Å²) in [5, 5.41) is 1.30. The number of rotatable bonds is 0. The van der Waals surface area contributed by atoms with Gasteiger partial charge in [-0.05, 0) is 25.8 Å². The Kier molecular flexibility index (Phi) is 3.22. The van der Waals surface area contributed by atoms with Crippen LogP contribution >= 0.6 is 23.2 Å². The molecule has 0 saturated carbocycles. The van der Waals surface area contributed by atoms with E-state index >= 15 is 0 Å². The van der Waals surface area contributed by atoms with Crippen molar-refractivity contribution in [1.82, 2.24) is 0 Å². The number of allylic oxidation sites excluding steroid dienone is 6. The average molecular weight is 189 g/mol. The van der Waals surface area contributed by atoms with Crippen molar-refractivity contribution >= 4 is 23.2 Å². The molecule has 0 atom stereocenters. The lowest BCUT2D eigenvalue weighted by atomic mass is 10.1. The lowest BCUT2D eigenvalue weighted by Crippen LogP contribution is -1.81. The van der Waals surface area contributed by atoms with Crippen molar-refractivity contribution in [2.75, 3.05) is 0 Å². The van der Waals surface area contributed by atoms with Crippen LogP contribution in [0.25, 0.3) is 0 Å². The predicted octanol–water partition coefficient (Wildman–Crippen LogP) is 3.97. The van der Waals surface area contributed by atoms with Crippen LogP contribution in [0.4, 0.5) is 0 Å². The highest BCUT2D eigenvalue weighted by atomic mass is 35.5. The standard InChI is InChI=1S/C9H10Cl2/c1-7-4-2-3-5-8(10)9(11)6-7/h4-6H,2-3H2,1H3/b7-4?,8-5-,9-6?. The van der Waals surface area contributed by atoms with Crippen molar-refractivity contribution in [3.8, 4) is 0 Å². The van der Waals surface area contributed by atoms with E-state index in [-0.39, 0.29) is 0 Å². The maximum absolute atomic E-state index is 5.86. The second kappa shape index (κ2) is 3.99. The molecule has 1 aliphatic carbocycles. The van der Waals surface area contributed by atoms with E-state index < -0.39 is 0 Å². The van der Waals surface area contributed by atoms with Crippen LogP contribution < -0.4 is 0 Å². The molecule has 0 heterocycles. The van der Waals surface area contributed by atoms with E-state index in [1.54, 1.807) is 0 Å². The zero-order valence-electron chi connectivity index (χ0n) is 6.40. The second-order valence-electron chi connectivity index (χ2n) is 2.57. The summed E-state index contributed by atoms with van der Waals surface area (Å²) in [6, 6.07) is 0. The molecular weight excluding hydrogens is 179 g/mol. The maximum atomic E-state index is 5.86. The summed E-state index contributed by atoms with van der Waals surface area (Å²) < 4.78 is 0. The molecule has 0 saturated heterocycles. The summed E-state index contributed by atoms with van der Waals surface area (Å²) in [5.41, 5.74) is 1.18. The molecule has 2 heteroatoms. The average Bonchev–Trinajstić information content (AvgIpc) is 1.95. The van der Waals surface area contributed by atoms with Crippen LogP contribution in [0.2, 0.25) is 0 Å². The summed E-state index contributed by atoms with van der Waals surface area (Å²) in [6.07, 6.45) is 8.01. The van der Waals surface area contributed by atoms with Gasteiger partial charge in [0.1, 0.15) is 0 Å². The maximum Gasteiger partial charge on any atom is 0.0591 e. The molecule has 1 aliphatic rings. The summed E-state index contributed by atoms with van der Waals surface area (Å²) in [6.45, 7) is 2.03. The first-order chi connectivity index (χ1) is 5.20. The van der Waals surface area contributed by atoms with E-state index in [9.17, 15) is 0 Å². The van der Waals surface area contributed by atoms with Gasteiger partial charge >= 0.3 is 0 Å². The molecular formula is C9H10Cl2. The molecule has 0 radical (unpaired) electrons. The van der Waals surface area contributed by atoms with Gasteiger partial charge in [0.2, 0.25) is 0 Å². The zero-order valence-corrected chi connectivity index (χ0v) is 7.91. The third-order valence-electron chi connectivity index (χ3n) is 1.54. The quantitative estimate of drug-likeness (QED) is 0.540. The van der Waals surface area contributed by atoms with E-state index in [1.807, 2.05) is 19.1 Å². The van der Waals surface area contributed by atoms with Gasteiger partial charge < -0.3 is 0 Å². The lowest BCUT2D eigenvalue weighted by molar-refractivity contribution is 1.03. The highest BCUT2D eigenvalue weighted by Crippen LogP contribution is 2.23. The molecule has 0 amide bonds. The van der Waals surface area contributed by atoms with Gasteiger partial charge in [-0.15, -0.1) is 0 Å². The van der Waals surface area contributed by atoms with Gasteiger partial charge in [-0.25, -0.2) is 0 Å². The smallest absolute Gasteiger partial charge is 0.0591 e. The number of halogens is 2. The molecule has 0 unspecified atom stereocenters. The largest absolute Gasteiger partial charge is 0.0831 e. The van der Waals surface area contributed by atoms with Crippen LogP contribution in [0, 0.1) is 0 Å². The fourth-order valence-electron chi connectivity index (χ4n) is 0.946. The molecule has 0 aliphatic heterocycles. The van der Waals surface area contributed by atoms with Gasteiger partial charge in [-0.1, -0.05) is 40.9 Å². The van der Waals surface area contributed by atoms with E-state index in [1.165, 1.54) is 5.57 Å². The second-order valence-corrected chi connectivity index (χ2v) is 3.38. The monoisotopic (exact) mass is 188 g/mol. The van der Waals surface area contributed by atoms with Crippen LogP contribution in [0.15, 0.2) is 33.9 Å². The highest BCUT2D eigenvalue weighted by Gasteiger charge is 2.00. The van der Waals surface area contributed by atoms with Crippen LogP contribution in [-0.4, -0.2) is 0 Å². The van der Waals surface area contributed by atoms with Gasteiger partial charge in [0.15, 0.2) is 0 Å². The molecule has 0 nitrogen and oxygen atoms in total. The molecule has 11 heavy (non-hydrogen) atoms. The molecule has 0 spiro atoms. The van der Waals surface area contributed by atoms with E-state index in [2.05, 4.69) is 6.08 Å². The molecule has 0 aromatic heterocycles. The van der Waals surface area contributed by atoms with E-state index in [0.717, 1.165) is 12.8 Å². The zero-order chi connectivity index (χ0) is 8.27. The van der Waals surface area contributed by atoms with E-state index in [4.69, 9.17) is 23.2 Å². The number of hydrogen-bond acceptors (Lipinski definition) is 0. The fraction of sp³-hybridized carbons (Fsp3) is 0.333. The minimum absolute atomic E-state index is 0.639. The summed E-state index contributed by atoms with van der Waals surface area (Å²) >= 11 is 11.7. The van der Waals surface area contributed by atoms with Crippen molar-refractivity contribution < 1.29 is 0 Å². The Balaban J connectivity index is 2.91. The van der Waals surface area contributed by atoms with Gasteiger partial charge in [-0.2, -0.15) is 0 Å². The summed E-state index contributed by atoms with van der Waals surface area (Å²) in [5.74, 6) is 0. The Hall–Kier alpha value is -0.200. The first-order valence-electron chi connectivity index (χ1n) is 3.60. The van der Waals surface area contributed by atoms with Gasteiger partial charge in [0.25, 0.3) is 0 Å². The Morgan fingerprint density at radius 2 is 1.73 bits per heavy atom. The van der Waals surface area contributed by atoms with Crippen LogP contribution in [-0.2, 0) is 0 Å². The third kappa shape index (κ3) is 2.72. The van der Waals surface area contributed by atoms with Crippen molar-refractivity contribution in [2.45, 2.75) is 19.8 Å². The summed E-state index contributed by atoms with van der Waals surface area (Å²) in [7, 11) is 0. The van der Waals surface area contributed by atoms with Crippen LogP contribution in [0.5, 0.6) is 0 Å². The van der Waals surface area contributed by atoms with Crippen molar-refractivity contribution in [3.63, 3.8) is 0 Å². The Morgan fingerprint density at radius 1 is 1.09 bits per heavy atom. The SMILES string of the molecule is CC1=CCC/C=C(\Cl)C(Cl)=C1. The van der Waals surface area contributed by atoms with Crippen molar-refractivity contribution in [2.24, 2.45) is 0 Å². The number of hydrogen-bond donors (Lipinski definition) is 0. The molecule has 0 bridgehead atoms. The highest BCUT2D eigenvalue weighted by molar-refractivity contribution is 6.44. The third-order valence-corrected chi connectivity index (χ3v) is 2.31. The van der Waals surface area contributed by atoms with Gasteiger partial charge in [0, 0.05) is 0 Å². The summed E-state index contributed by atoms with van der Waals surface area (Å²) in [4.78, 5) is 0. The van der Waals surface area contributed by atoms with E-state index in [0.29, 0.717) is 10.1 Å². The topological polar surface area (TPSA) is 0 Å². The molecule has 0 aromatic carbocycles. The molecule has 60 valence electrons. The van der Waals surface area contributed by atoms with Crippen LogP contribution in [0.3, 0.4) is 0 Å². The molecule has 0 N–H and O–H groups in total. The fourth-order valence-corrected chi connectivity index (χ4v) is 1.36. The van der Waals surface area contributed by atoms with Gasteiger partial charge in [0.05, 0.1) is 10.1 Å².